The number of carbonyl (C=O) groups is 2. The average Bonchev–Trinajstić information content (AvgIpc) is 3.16. The third-order valence-corrected chi connectivity index (χ3v) is 6.34. The van der Waals surface area contributed by atoms with Crippen molar-refractivity contribution in [3.05, 3.63) is 95.1 Å². The van der Waals surface area contributed by atoms with E-state index in [-0.39, 0.29) is 11.3 Å². The summed E-state index contributed by atoms with van der Waals surface area (Å²) in [5.74, 6) is 0.487. The van der Waals surface area contributed by atoms with Crippen molar-refractivity contribution in [2.75, 3.05) is 18.1 Å². The highest BCUT2D eigenvalue weighted by Gasteiger charge is 2.47. The monoisotopic (exact) mass is 513 g/mol. The van der Waals surface area contributed by atoms with Crippen molar-refractivity contribution in [3.8, 4) is 11.5 Å². The molecule has 1 heterocycles. The molecule has 6 heteroatoms. The van der Waals surface area contributed by atoms with Crippen molar-refractivity contribution in [2.45, 2.75) is 40.7 Å². The van der Waals surface area contributed by atoms with Gasteiger partial charge in [-0.1, -0.05) is 52.0 Å². The number of carbonyl (C=O) groups excluding carboxylic acids is 2. The number of hydrogen-bond donors (Lipinski definition) is 1. The first kappa shape index (κ1) is 27.0. The Hall–Kier alpha value is -4.06. The second-order valence-electron chi connectivity index (χ2n) is 10.5. The standard InChI is InChI=1S/C32H35NO5/c1-20(2)18-37-25-14-10-23(11-15-25)30(34)28-29(27-9-7-6-8-22(27)5)33(32(36)31(28)35)24-12-16-26(17-13-24)38-19-21(3)4/h6-17,20-21,29,34H,18-19H2,1-5H3/b30-28-. The van der Waals surface area contributed by atoms with Gasteiger partial charge in [0.15, 0.2) is 0 Å². The minimum atomic E-state index is -0.782. The molecule has 4 rings (SSSR count). The van der Waals surface area contributed by atoms with Gasteiger partial charge in [-0.2, -0.15) is 0 Å². The quantitative estimate of drug-likeness (QED) is 0.196. The first-order chi connectivity index (χ1) is 18.2. The third-order valence-electron chi connectivity index (χ3n) is 6.34. The lowest BCUT2D eigenvalue weighted by Crippen LogP contribution is -2.29. The van der Waals surface area contributed by atoms with Crippen LogP contribution >= 0.6 is 0 Å². The van der Waals surface area contributed by atoms with E-state index in [4.69, 9.17) is 9.47 Å². The highest BCUT2D eigenvalue weighted by atomic mass is 16.5. The Balaban J connectivity index is 1.76. The number of anilines is 1. The molecule has 0 radical (unpaired) electrons. The summed E-state index contributed by atoms with van der Waals surface area (Å²) < 4.78 is 11.5. The Morgan fingerprint density at radius 2 is 1.34 bits per heavy atom. The van der Waals surface area contributed by atoms with Gasteiger partial charge >= 0.3 is 0 Å². The molecular formula is C32H35NO5. The van der Waals surface area contributed by atoms with Crippen LogP contribution in [0.25, 0.3) is 5.76 Å². The van der Waals surface area contributed by atoms with E-state index in [1.165, 1.54) is 4.90 Å². The van der Waals surface area contributed by atoms with Crippen LogP contribution in [0.4, 0.5) is 5.69 Å². The number of aliphatic hydroxyl groups excluding tert-OH is 1. The number of amides is 1. The van der Waals surface area contributed by atoms with Gasteiger partial charge in [0.05, 0.1) is 24.8 Å². The molecule has 0 bridgehead atoms. The maximum absolute atomic E-state index is 13.4. The first-order valence-corrected chi connectivity index (χ1v) is 13.0. The normalized spacial score (nSPS) is 16.9. The molecule has 1 fully saturated rings. The van der Waals surface area contributed by atoms with Crippen LogP contribution in [0.2, 0.25) is 0 Å². The summed E-state index contributed by atoms with van der Waals surface area (Å²) in [6, 6.07) is 20.8. The molecule has 1 amide bonds. The van der Waals surface area contributed by atoms with Gasteiger partial charge in [-0.15, -0.1) is 0 Å². The fraction of sp³-hybridized carbons (Fsp3) is 0.312. The maximum Gasteiger partial charge on any atom is 0.300 e. The Bertz CT molecular complexity index is 1320. The van der Waals surface area contributed by atoms with Gasteiger partial charge < -0.3 is 14.6 Å². The number of aliphatic hydroxyl groups is 1. The molecule has 0 saturated carbocycles. The Labute approximate surface area is 224 Å². The van der Waals surface area contributed by atoms with Crippen molar-refractivity contribution in [1.82, 2.24) is 0 Å². The topological polar surface area (TPSA) is 76.1 Å². The summed E-state index contributed by atoms with van der Waals surface area (Å²) in [4.78, 5) is 28.3. The molecule has 1 aliphatic rings. The molecule has 198 valence electrons. The number of Topliss-reactive ketones (excluding diaryl/α,β-unsaturated/α-hetero) is 1. The van der Waals surface area contributed by atoms with Gasteiger partial charge in [-0.05, 0) is 78.4 Å². The van der Waals surface area contributed by atoms with Gasteiger partial charge in [-0.3, -0.25) is 14.5 Å². The van der Waals surface area contributed by atoms with E-state index in [1.807, 2.05) is 31.2 Å². The van der Waals surface area contributed by atoms with Gasteiger partial charge in [0.25, 0.3) is 11.7 Å². The lowest BCUT2D eigenvalue weighted by atomic mass is 9.92. The lowest BCUT2D eigenvalue weighted by molar-refractivity contribution is -0.132. The van der Waals surface area contributed by atoms with Crippen LogP contribution in [0.15, 0.2) is 78.4 Å². The number of ketones is 1. The summed E-state index contributed by atoms with van der Waals surface area (Å²) in [6.07, 6.45) is 0. The summed E-state index contributed by atoms with van der Waals surface area (Å²) in [5.41, 5.74) is 2.72. The SMILES string of the molecule is Cc1ccccc1C1/C(=C(/O)c2ccc(OCC(C)C)cc2)C(=O)C(=O)N1c1ccc(OCC(C)C)cc1. The third kappa shape index (κ3) is 5.75. The van der Waals surface area contributed by atoms with Gasteiger partial charge in [-0.25, -0.2) is 0 Å². The molecular weight excluding hydrogens is 478 g/mol. The van der Waals surface area contributed by atoms with Crippen molar-refractivity contribution in [2.24, 2.45) is 11.8 Å². The van der Waals surface area contributed by atoms with E-state index in [1.54, 1.807) is 48.5 Å². The second-order valence-corrected chi connectivity index (χ2v) is 10.5. The maximum atomic E-state index is 13.4. The predicted molar refractivity (Wildman–Crippen MR) is 150 cm³/mol. The van der Waals surface area contributed by atoms with Crippen LogP contribution in [0.5, 0.6) is 11.5 Å². The predicted octanol–water partition coefficient (Wildman–Crippen LogP) is 6.69. The summed E-state index contributed by atoms with van der Waals surface area (Å²) in [7, 11) is 0. The molecule has 1 aliphatic heterocycles. The van der Waals surface area contributed by atoms with E-state index in [9.17, 15) is 14.7 Å². The van der Waals surface area contributed by atoms with Crippen LogP contribution < -0.4 is 14.4 Å². The number of nitrogens with zero attached hydrogens (tertiary/aromatic N) is 1. The molecule has 38 heavy (non-hydrogen) atoms. The number of aryl methyl sites for hydroxylation is 1. The number of hydrogen-bond acceptors (Lipinski definition) is 5. The fourth-order valence-corrected chi connectivity index (χ4v) is 4.38. The van der Waals surface area contributed by atoms with E-state index in [0.29, 0.717) is 47.8 Å². The van der Waals surface area contributed by atoms with Crippen LogP contribution in [0.3, 0.4) is 0 Å². The number of benzene rings is 3. The Kier molecular flexibility index (Phi) is 8.20. The van der Waals surface area contributed by atoms with Gasteiger partial charge in [0.2, 0.25) is 0 Å². The van der Waals surface area contributed by atoms with Crippen molar-refractivity contribution in [3.63, 3.8) is 0 Å². The molecule has 1 atom stereocenters. The lowest BCUT2D eigenvalue weighted by Gasteiger charge is -2.27. The zero-order valence-corrected chi connectivity index (χ0v) is 22.6. The molecule has 1 N–H and O–H groups in total. The highest BCUT2D eigenvalue weighted by Crippen LogP contribution is 2.43. The fourth-order valence-electron chi connectivity index (χ4n) is 4.38. The molecule has 3 aromatic rings. The Morgan fingerprint density at radius 3 is 1.87 bits per heavy atom. The van der Waals surface area contributed by atoms with E-state index in [0.717, 1.165) is 11.1 Å². The Morgan fingerprint density at radius 1 is 0.816 bits per heavy atom. The van der Waals surface area contributed by atoms with Crippen LogP contribution in [-0.4, -0.2) is 30.0 Å². The largest absolute Gasteiger partial charge is 0.507 e. The van der Waals surface area contributed by atoms with Gasteiger partial charge in [0.1, 0.15) is 17.3 Å². The molecule has 3 aromatic carbocycles. The molecule has 0 spiro atoms. The molecule has 0 aromatic heterocycles. The molecule has 1 unspecified atom stereocenters. The van der Waals surface area contributed by atoms with E-state index in [2.05, 4.69) is 27.7 Å². The van der Waals surface area contributed by atoms with Crippen molar-refractivity contribution < 1.29 is 24.2 Å². The summed E-state index contributed by atoms with van der Waals surface area (Å²) in [5, 5.41) is 11.4. The second kappa shape index (κ2) is 11.5. The van der Waals surface area contributed by atoms with Crippen LogP contribution in [-0.2, 0) is 9.59 Å². The molecule has 0 aliphatic carbocycles. The number of rotatable bonds is 9. The summed E-state index contributed by atoms with van der Waals surface area (Å²) in [6.45, 7) is 11.4. The van der Waals surface area contributed by atoms with Crippen LogP contribution in [0.1, 0.15) is 50.4 Å². The zero-order chi connectivity index (χ0) is 27.4. The van der Waals surface area contributed by atoms with E-state index < -0.39 is 17.7 Å². The average molecular weight is 514 g/mol. The number of ether oxygens (including phenoxy) is 2. The minimum absolute atomic E-state index is 0.0558. The molecule has 1 saturated heterocycles. The highest BCUT2D eigenvalue weighted by molar-refractivity contribution is 6.51. The summed E-state index contributed by atoms with van der Waals surface area (Å²) >= 11 is 0. The minimum Gasteiger partial charge on any atom is -0.507 e. The molecule has 6 nitrogen and oxygen atoms in total. The van der Waals surface area contributed by atoms with Gasteiger partial charge in [0, 0.05) is 11.3 Å². The van der Waals surface area contributed by atoms with Crippen molar-refractivity contribution >= 4 is 23.1 Å². The zero-order valence-electron chi connectivity index (χ0n) is 22.6. The van der Waals surface area contributed by atoms with Crippen molar-refractivity contribution in [1.29, 1.82) is 0 Å². The first-order valence-electron chi connectivity index (χ1n) is 13.0. The van der Waals surface area contributed by atoms with E-state index >= 15 is 0 Å². The smallest absolute Gasteiger partial charge is 0.300 e. The van der Waals surface area contributed by atoms with Crippen LogP contribution in [0, 0.1) is 18.8 Å².